The number of halogens is 1. The summed E-state index contributed by atoms with van der Waals surface area (Å²) in [5, 5.41) is 13.1. The first kappa shape index (κ1) is 12.8. The third-order valence-corrected chi connectivity index (χ3v) is 3.66. The van der Waals surface area contributed by atoms with Gasteiger partial charge in [0.05, 0.1) is 10.4 Å². The van der Waals surface area contributed by atoms with Gasteiger partial charge in [-0.2, -0.15) is 0 Å². The average Bonchev–Trinajstić information content (AvgIpc) is 2.90. The Morgan fingerprint density at radius 3 is 2.95 bits per heavy atom. The molecule has 0 aliphatic heterocycles. The van der Waals surface area contributed by atoms with Crippen molar-refractivity contribution in [3.63, 3.8) is 0 Å². The number of fused-ring (bicyclic) bond motifs is 1. The summed E-state index contributed by atoms with van der Waals surface area (Å²) < 4.78 is 6.29. The van der Waals surface area contributed by atoms with Crippen LogP contribution in [0.2, 0.25) is 5.02 Å². The van der Waals surface area contributed by atoms with E-state index in [1.165, 1.54) is 35.9 Å². The van der Waals surface area contributed by atoms with Crippen LogP contribution in [0.4, 0.5) is 5.69 Å². The molecule has 0 aliphatic carbocycles. The van der Waals surface area contributed by atoms with Crippen molar-refractivity contribution in [3.8, 4) is 11.6 Å². The summed E-state index contributed by atoms with van der Waals surface area (Å²) >= 11 is 7.16. The van der Waals surface area contributed by atoms with Crippen molar-refractivity contribution in [2.75, 3.05) is 0 Å². The number of benzene rings is 1. The van der Waals surface area contributed by atoms with E-state index in [4.69, 9.17) is 16.3 Å². The normalized spacial score (nSPS) is 10.7. The summed E-state index contributed by atoms with van der Waals surface area (Å²) in [5.74, 6) is 0.378. The van der Waals surface area contributed by atoms with Crippen LogP contribution in [0.3, 0.4) is 0 Å². The zero-order valence-corrected chi connectivity index (χ0v) is 11.4. The largest absolute Gasteiger partial charge is 0.430 e. The summed E-state index contributed by atoms with van der Waals surface area (Å²) in [7, 11) is 0. The highest BCUT2D eigenvalue weighted by atomic mass is 35.5. The quantitative estimate of drug-likeness (QED) is 0.539. The maximum Gasteiger partial charge on any atom is 0.313 e. The minimum Gasteiger partial charge on any atom is -0.430 e. The SMILES string of the molecule is O=[N+]([O-])c1cc(Cl)ccc1Oc1ncnc2ccsc12. The Balaban J connectivity index is 2.07. The fourth-order valence-corrected chi connectivity index (χ4v) is 2.60. The number of hydrogen-bond acceptors (Lipinski definition) is 6. The Bertz CT molecular complexity index is 805. The van der Waals surface area contributed by atoms with Gasteiger partial charge in [0.25, 0.3) is 0 Å². The van der Waals surface area contributed by atoms with Crippen LogP contribution in [0.5, 0.6) is 11.6 Å². The van der Waals surface area contributed by atoms with Crippen molar-refractivity contribution >= 4 is 38.8 Å². The molecule has 8 heteroatoms. The first-order valence-electron chi connectivity index (χ1n) is 5.45. The molecule has 0 unspecified atom stereocenters. The summed E-state index contributed by atoms with van der Waals surface area (Å²) in [4.78, 5) is 18.6. The number of thiophene rings is 1. The van der Waals surface area contributed by atoms with Crippen LogP contribution in [-0.2, 0) is 0 Å². The molecule has 0 spiro atoms. The molecule has 0 saturated heterocycles. The van der Waals surface area contributed by atoms with Crippen LogP contribution in [0, 0.1) is 10.1 Å². The molecule has 0 bridgehead atoms. The van der Waals surface area contributed by atoms with Crippen molar-refractivity contribution in [2.45, 2.75) is 0 Å². The molecular weight excluding hydrogens is 302 g/mol. The number of aromatic nitrogens is 2. The van der Waals surface area contributed by atoms with Gasteiger partial charge in [0.1, 0.15) is 11.0 Å². The van der Waals surface area contributed by atoms with Crippen molar-refractivity contribution < 1.29 is 9.66 Å². The maximum atomic E-state index is 11.0. The van der Waals surface area contributed by atoms with Gasteiger partial charge in [-0.3, -0.25) is 10.1 Å². The van der Waals surface area contributed by atoms with Gasteiger partial charge < -0.3 is 4.74 Å². The lowest BCUT2D eigenvalue weighted by molar-refractivity contribution is -0.385. The lowest BCUT2D eigenvalue weighted by Crippen LogP contribution is -1.95. The highest BCUT2D eigenvalue weighted by Gasteiger charge is 2.18. The van der Waals surface area contributed by atoms with Gasteiger partial charge in [-0.1, -0.05) is 11.6 Å². The van der Waals surface area contributed by atoms with Crippen LogP contribution < -0.4 is 4.74 Å². The molecule has 0 amide bonds. The first-order chi connectivity index (χ1) is 9.65. The summed E-state index contributed by atoms with van der Waals surface area (Å²) in [6.07, 6.45) is 1.35. The first-order valence-corrected chi connectivity index (χ1v) is 6.71. The molecule has 0 N–H and O–H groups in total. The van der Waals surface area contributed by atoms with Crippen molar-refractivity contribution in [1.82, 2.24) is 9.97 Å². The highest BCUT2D eigenvalue weighted by molar-refractivity contribution is 7.17. The minimum absolute atomic E-state index is 0.0906. The number of rotatable bonds is 3. The fraction of sp³-hybridized carbons (Fsp3) is 0. The number of ether oxygens (including phenoxy) is 1. The van der Waals surface area contributed by atoms with Gasteiger partial charge in [-0.25, -0.2) is 9.97 Å². The Kier molecular flexibility index (Phi) is 3.21. The fourth-order valence-electron chi connectivity index (χ4n) is 1.66. The van der Waals surface area contributed by atoms with Crippen LogP contribution in [0.25, 0.3) is 10.2 Å². The van der Waals surface area contributed by atoms with Crippen LogP contribution >= 0.6 is 22.9 Å². The summed E-state index contributed by atoms with van der Waals surface area (Å²) in [5.41, 5.74) is 0.525. The van der Waals surface area contributed by atoms with Crippen molar-refractivity contribution in [2.24, 2.45) is 0 Å². The predicted molar refractivity (Wildman–Crippen MR) is 75.6 cm³/mol. The third kappa shape index (κ3) is 2.28. The van der Waals surface area contributed by atoms with E-state index in [0.717, 1.165) is 10.2 Å². The zero-order chi connectivity index (χ0) is 14.1. The topological polar surface area (TPSA) is 78.2 Å². The Morgan fingerprint density at radius 1 is 1.30 bits per heavy atom. The number of nitrogens with zero attached hydrogens (tertiary/aromatic N) is 3. The molecule has 0 saturated carbocycles. The van der Waals surface area contributed by atoms with Crippen LogP contribution in [0.1, 0.15) is 0 Å². The van der Waals surface area contributed by atoms with Gasteiger partial charge in [-0.05, 0) is 23.6 Å². The molecule has 100 valence electrons. The van der Waals surface area contributed by atoms with Gasteiger partial charge in [-0.15, -0.1) is 11.3 Å². The molecule has 3 rings (SSSR count). The lowest BCUT2D eigenvalue weighted by Gasteiger charge is -2.06. The predicted octanol–water partition coefficient (Wildman–Crippen LogP) is 4.05. The monoisotopic (exact) mass is 307 g/mol. The van der Waals surface area contributed by atoms with E-state index >= 15 is 0 Å². The third-order valence-electron chi connectivity index (χ3n) is 2.53. The number of nitro groups is 1. The van der Waals surface area contributed by atoms with E-state index in [0.29, 0.717) is 0 Å². The van der Waals surface area contributed by atoms with E-state index in [1.807, 2.05) is 11.4 Å². The molecule has 1 aromatic carbocycles. The Labute approximate surface area is 121 Å². The zero-order valence-electron chi connectivity index (χ0n) is 9.82. The van der Waals surface area contributed by atoms with E-state index in [-0.39, 0.29) is 22.3 Å². The van der Waals surface area contributed by atoms with Gasteiger partial charge in [0.15, 0.2) is 0 Å². The molecule has 2 aromatic heterocycles. The van der Waals surface area contributed by atoms with Gasteiger partial charge in [0.2, 0.25) is 11.6 Å². The van der Waals surface area contributed by atoms with E-state index in [9.17, 15) is 10.1 Å². The molecule has 20 heavy (non-hydrogen) atoms. The number of nitro benzene ring substituents is 1. The second-order valence-electron chi connectivity index (χ2n) is 3.79. The molecule has 0 fully saturated rings. The Morgan fingerprint density at radius 2 is 2.15 bits per heavy atom. The summed E-state index contributed by atoms with van der Waals surface area (Å²) in [6, 6.07) is 6.03. The molecule has 0 aliphatic rings. The molecular formula is C12H6ClN3O3S. The van der Waals surface area contributed by atoms with Crippen LogP contribution in [-0.4, -0.2) is 14.9 Å². The molecule has 0 radical (unpaired) electrons. The second kappa shape index (κ2) is 5.03. The summed E-state index contributed by atoms with van der Waals surface area (Å²) in [6.45, 7) is 0. The molecule has 0 atom stereocenters. The van der Waals surface area contributed by atoms with Crippen molar-refractivity contribution in [3.05, 3.63) is 51.1 Å². The van der Waals surface area contributed by atoms with Gasteiger partial charge in [0, 0.05) is 11.1 Å². The number of hydrogen-bond donors (Lipinski definition) is 0. The maximum absolute atomic E-state index is 11.0. The minimum atomic E-state index is -0.548. The van der Waals surface area contributed by atoms with E-state index in [1.54, 1.807) is 0 Å². The molecule has 2 heterocycles. The Hall–Kier alpha value is -2.25. The highest BCUT2D eigenvalue weighted by Crippen LogP contribution is 2.36. The van der Waals surface area contributed by atoms with E-state index in [2.05, 4.69) is 9.97 Å². The van der Waals surface area contributed by atoms with E-state index < -0.39 is 4.92 Å². The van der Waals surface area contributed by atoms with Crippen LogP contribution in [0.15, 0.2) is 36.0 Å². The smallest absolute Gasteiger partial charge is 0.313 e. The second-order valence-corrected chi connectivity index (χ2v) is 5.14. The average molecular weight is 308 g/mol. The lowest BCUT2D eigenvalue weighted by atomic mass is 10.3. The molecule has 6 nitrogen and oxygen atoms in total. The standard InChI is InChI=1S/C12H6ClN3O3S/c13-7-1-2-10(9(5-7)16(17)18)19-12-11-8(3-4-20-11)14-6-15-12/h1-6H. The van der Waals surface area contributed by atoms with Crippen molar-refractivity contribution in [1.29, 1.82) is 0 Å². The molecule has 3 aromatic rings. The van der Waals surface area contributed by atoms with Gasteiger partial charge >= 0.3 is 5.69 Å².